The van der Waals surface area contributed by atoms with Crippen LogP contribution in [-0.2, 0) is 11.3 Å². The van der Waals surface area contributed by atoms with Crippen molar-refractivity contribution in [2.75, 3.05) is 7.05 Å². The Morgan fingerprint density at radius 3 is 2.67 bits per heavy atom. The third-order valence-electron chi connectivity index (χ3n) is 4.41. The summed E-state index contributed by atoms with van der Waals surface area (Å²) in [5.41, 5.74) is 1.25. The molecular weight excluding hydrogens is 262 g/mol. The van der Waals surface area contributed by atoms with Gasteiger partial charge < -0.3 is 15.2 Å². The molecule has 1 heterocycles. The summed E-state index contributed by atoms with van der Waals surface area (Å²) in [4.78, 5) is 12.1. The lowest BCUT2D eigenvalue weighted by molar-refractivity contribution is -0.122. The molecular formula is C17H29N3O. The second-order valence-electron chi connectivity index (χ2n) is 6.53. The molecule has 0 spiro atoms. The highest BCUT2D eigenvalue weighted by Gasteiger charge is 2.17. The van der Waals surface area contributed by atoms with Gasteiger partial charge in [0.15, 0.2) is 0 Å². The maximum absolute atomic E-state index is 12.1. The Kier molecular flexibility index (Phi) is 5.85. The van der Waals surface area contributed by atoms with E-state index in [1.165, 1.54) is 24.8 Å². The van der Waals surface area contributed by atoms with E-state index in [0.29, 0.717) is 24.5 Å². The molecule has 21 heavy (non-hydrogen) atoms. The molecule has 1 aromatic heterocycles. The van der Waals surface area contributed by atoms with Gasteiger partial charge in [0, 0.05) is 24.5 Å². The van der Waals surface area contributed by atoms with E-state index in [1.807, 2.05) is 17.8 Å². The van der Waals surface area contributed by atoms with Crippen LogP contribution in [0.15, 0.2) is 18.5 Å². The number of amides is 1. The molecule has 0 saturated heterocycles. The van der Waals surface area contributed by atoms with Crippen molar-refractivity contribution in [2.24, 2.45) is 5.92 Å². The number of nitrogens with one attached hydrogen (secondary N) is 2. The maximum atomic E-state index is 12.1. The van der Waals surface area contributed by atoms with Gasteiger partial charge in [-0.15, -0.1) is 0 Å². The molecule has 1 aliphatic carbocycles. The zero-order chi connectivity index (χ0) is 15.2. The molecule has 1 amide bonds. The predicted octanol–water partition coefficient (Wildman–Crippen LogP) is 2.85. The van der Waals surface area contributed by atoms with Crippen molar-refractivity contribution >= 4 is 5.91 Å². The minimum Gasteiger partial charge on any atom is -0.352 e. The van der Waals surface area contributed by atoms with Crippen LogP contribution in [0.3, 0.4) is 0 Å². The van der Waals surface area contributed by atoms with E-state index < -0.39 is 0 Å². The van der Waals surface area contributed by atoms with E-state index >= 15 is 0 Å². The highest BCUT2D eigenvalue weighted by atomic mass is 16.2. The molecule has 118 valence electrons. The van der Waals surface area contributed by atoms with Crippen molar-refractivity contribution in [3.8, 4) is 0 Å². The van der Waals surface area contributed by atoms with Gasteiger partial charge >= 0.3 is 0 Å². The van der Waals surface area contributed by atoms with E-state index in [1.54, 1.807) is 0 Å². The highest BCUT2D eigenvalue weighted by Crippen LogP contribution is 2.21. The molecule has 0 aromatic carbocycles. The fraction of sp³-hybridized carbons (Fsp3) is 0.706. The van der Waals surface area contributed by atoms with Crippen molar-refractivity contribution in [3.05, 3.63) is 24.0 Å². The fourth-order valence-electron chi connectivity index (χ4n) is 3.31. The number of nitrogens with zero attached hydrogens (tertiary/aromatic N) is 1. The van der Waals surface area contributed by atoms with Crippen LogP contribution in [0.5, 0.6) is 0 Å². The number of hydrogen-bond acceptors (Lipinski definition) is 2. The number of carbonyl (C=O) groups excluding carboxylic acids is 1. The first kappa shape index (κ1) is 16.1. The van der Waals surface area contributed by atoms with Crippen LogP contribution in [-0.4, -0.2) is 23.6 Å². The molecule has 0 radical (unpaired) electrons. The van der Waals surface area contributed by atoms with Crippen molar-refractivity contribution in [1.29, 1.82) is 0 Å². The average Bonchev–Trinajstić information content (AvgIpc) is 2.88. The third kappa shape index (κ3) is 4.60. The van der Waals surface area contributed by atoms with E-state index in [4.69, 9.17) is 0 Å². The molecule has 1 saturated carbocycles. The van der Waals surface area contributed by atoms with E-state index in [-0.39, 0.29) is 5.91 Å². The van der Waals surface area contributed by atoms with Crippen LogP contribution in [0.2, 0.25) is 0 Å². The van der Waals surface area contributed by atoms with Crippen LogP contribution >= 0.6 is 0 Å². The first-order valence-corrected chi connectivity index (χ1v) is 8.22. The molecule has 1 fully saturated rings. The summed E-state index contributed by atoms with van der Waals surface area (Å²) in [6.07, 6.45) is 10.2. The predicted molar refractivity (Wildman–Crippen MR) is 86.1 cm³/mol. The smallest absolute Gasteiger partial charge is 0.240 e. The normalized spacial score (nSPS) is 17.9. The Balaban J connectivity index is 1.87. The first-order chi connectivity index (χ1) is 10.1. The van der Waals surface area contributed by atoms with Crippen molar-refractivity contribution in [1.82, 2.24) is 15.2 Å². The van der Waals surface area contributed by atoms with E-state index in [0.717, 1.165) is 12.8 Å². The second-order valence-corrected chi connectivity index (χ2v) is 6.53. The standard InChI is InChI=1S/C17H29N3O/c1-13(2)17(18-3)14-9-10-20(11-14)12-16(21)19-15-7-5-4-6-8-15/h9-11,13,15,17-18H,4-8,12H2,1-3H3,(H,19,21). The van der Waals surface area contributed by atoms with Crippen LogP contribution < -0.4 is 10.6 Å². The SMILES string of the molecule is CNC(c1ccn(CC(=O)NC2CCCCC2)c1)C(C)C. The zero-order valence-electron chi connectivity index (χ0n) is 13.6. The third-order valence-corrected chi connectivity index (χ3v) is 4.41. The van der Waals surface area contributed by atoms with Crippen LogP contribution in [0.4, 0.5) is 0 Å². The van der Waals surface area contributed by atoms with Crippen molar-refractivity contribution < 1.29 is 4.79 Å². The van der Waals surface area contributed by atoms with Gasteiger partial charge in [0.2, 0.25) is 5.91 Å². The lowest BCUT2D eigenvalue weighted by Gasteiger charge is -2.22. The number of aromatic nitrogens is 1. The van der Waals surface area contributed by atoms with Gasteiger partial charge in [-0.2, -0.15) is 0 Å². The Hall–Kier alpha value is -1.29. The van der Waals surface area contributed by atoms with Gasteiger partial charge in [-0.1, -0.05) is 33.1 Å². The monoisotopic (exact) mass is 291 g/mol. The largest absolute Gasteiger partial charge is 0.352 e. The average molecular weight is 291 g/mol. The quantitative estimate of drug-likeness (QED) is 0.846. The van der Waals surface area contributed by atoms with E-state index in [9.17, 15) is 4.79 Å². The molecule has 0 bridgehead atoms. The van der Waals surface area contributed by atoms with Crippen LogP contribution in [0.25, 0.3) is 0 Å². The Labute approximate surface area is 128 Å². The van der Waals surface area contributed by atoms with Crippen molar-refractivity contribution in [3.63, 3.8) is 0 Å². The maximum Gasteiger partial charge on any atom is 0.240 e. The number of rotatable bonds is 6. The molecule has 1 atom stereocenters. The lowest BCUT2D eigenvalue weighted by Crippen LogP contribution is -2.38. The van der Waals surface area contributed by atoms with Crippen LogP contribution in [0, 0.1) is 5.92 Å². The summed E-state index contributed by atoms with van der Waals surface area (Å²) >= 11 is 0. The molecule has 2 N–H and O–H groups in total. The van der Waals surface area contributed by atoms with Gasteiger partial charge in [0.1, 0.15) is 6.54 Å². The highest BCUT2D eigenvalue weighted by molar-refractivity contribution is 5.76. The summed E-state index contributed by atoms with van der Waals surface area (Å²) in [5.74, 6) is 0.663. The Bertz CT molecular complexity index is 447. The summed E-state index contributed by atoms with van der Waals surface area (Å²) in [5, 5.41) is 6.50. The molecule has 2 rings (SSSR count). The molecule has 4 heteroatoms. The van der Waals surface area contributed by atoms with Crippen LogP contribution in [0.1, 0.15) is 57.6 Å². The molecule has 1 unspecified atom stereocenters. The summed E-state index contributed by atoms with van der Waals surface area (Å²) < 4.78 is 1.99. The molecule has 4 nitrogen and oxygen atoms in total. The van der Waals surface area contributed by atoms with Gasteiger partial charge in [-0.3, -0.25) is 4.79 Å². The molecule has 1 aromatic rings. The Morgan fingerprint density at radius 1 is 1.33 bits per heavy atom. The summed E-state index contributed by atoms with van der Waals surface area (Å²) in [7, 11) is 1.98. The van der Waals surface area contributed by atoms with Gasteiger partial charge in [0.25, 0.3) is 0 Å². The zero-order valence-corrected chi connectivity index (χ0v) is 13.6. The van der Waals surface area contributed by atoms with Gasteiger partial charge in [0.05, 0.1) is 0 Å². The lowest BCUT2D eigenvalue weighted by atomic mass is 9.95. The number of hydrogen-bond donors (Lipinski definition) is 2. The van der Waals surface area contributed by atoms with Gasteiger partial charge in [-0.25, -0.2) is 0 Å². The minimum absolute atomic E-state index is 0.134. The van der Waals surface area contributed by atoms with Crippen molar-refractivity contribution in [2.45, 2.75) is 64.6 Å². The molecule has 0 aliphatic heterocycles. The Morgan fingerprint density at radius 2 is 2.05 bits per heavy atom. The first-order valence-electron chi connectivity index (χ1n) is 8.22. The van der Waals surface area contributed by atoms with E-state index in [2.05, 4.69) is 36.7 Å². The summed E-state index contributed by atoms with van der Waals surface area (Å²) in [6.45, 7) is 4.83. The minimum atomic E-state index is 0.134. The topological polar surface area (TPSA) is 46.1 Å². The second kappa shape index (κ2) is 7.64. The summed E-state index contributed by atoms with van der Waals surface area (Å²) in [6, 6.07) is 2.84. The fourth-order valence-corrected chi connectivity index (χ4v) is 3.31. The van der Waals surface area contributed by atoms with Gasteiger partial charge in [-0.05, 0) is 37.4 Å². The molecule has 1 aliphatic rings. The number of carbonyl (C=O) groups is 1.